The number of ether oxygens (including phenoxy) is 2. The van der Waals surface area contributed by atoms with Crippen molar-refractivity contribution in [2.75, 3.05) is 26.4 Å². The third-order valence-corrected chi connectivity index (χ3v) is 3.80. The van der Waals surface area contributed by atoms with E-state index in [2.05, 4.69) is 50.2 Å². The molecule has 0 aliphatic rings. The summed E-state index contributed by atoms with van der Waals surface area (Å²) < 4.78 is 13.2. The Morgan fingerprint density at radius 1 is 1.15 bits per heavy atom. The van der Waals surface area contributed by atoms with E-state index in [9.17, 15) is 0 Å². The predicted octanol–water partition coefficient (Wildman–Crippen LogP) is 4.52. The second-order valence-electron chi connectivity index (χ2n) is 4.45. The lowest BCUT2D eigenvalue weighted by Gasteiger charge is -2.14. The van der Waals surface area contributed by atoms with Gasteiger partial charge < -0.3 is 14.8 Å². The molecule has 1 aromatic carbocycles. The van der Waals surface area contributed by atoms with Crippen LogP contribution in [-0.2, 0) is 11.3 Å². The van der Waals surface area contributed by atoms with Gasteiger partial charge in [-0.2, -0.15) is 0 Å². The summed E-state index contributed by atoms with van der Waals surface area (Å²) in [6.45, 7) is 8.04. The van der Waals surface area contributed by atoms with Gasteiger partial charge in [-0.3, -0.25) is 0 Å². The fourth-order valence-electron chi connectivity index (χ4n) is 1.77. The molecule has 5 heteroatoms. The molecule has 0 amide bonds. The van der Waals surface area contributed by atoms with Crippen molar-refractivity contribution in [3.8, 4) is 5.75 Å². The molecule has 0 fully saturated rings. The number of nitrogens with one attached hydrogen (secondary N) is 1. The highest BCUT2D eigenvalue weighted by atomic mass is 79.9. The van der Waals surface area contributed by atoms with Crippen molar-refractivity contribution in [1.29, 1.82) is 0 Å². The molecule has 114 valence electrons. The van der Waals surface area contributed by atoms with Crippen LogP contribution in [-0.4, -0.2) is 26.4 Å². The van der Waals surface area contributed by atoms with Crippen LogP contribution in [0.15, 0.2) is 21.1 Å². The second-order valence-corrected chi connectivity index (χ2v) is 6.22. The van der Waals surface area contributed by atoms with Crippen LogP contribution in [0.2, 0.25) is 0 Å². The molecule has 0 saturated carbocycles. The van der Waals surface area contributed by atoms with E-state index in [1.54, 1.807) is 0 Å². The smallest absolute Gasteiger partial charge is 0.138 e. The zero-order valence-corrected chi connectivity index (χ0v) is 15.3. The standard InChI is InChI=1S/C15H23Br2NO2/c1-3-5-7-19-8-6-18-11-12-9-13(16)10-14(17)15(12)20-4-2/h9-10,18H,3-8,11H2,1-2H3. The molecule has 0 bridgehead atoms. The lowest BCUT2D eigenvalue weighted by atomic mass is 10.2. The van der Waals surface area contributed by atoms with Crippen LogP contribution in [0, 0.1) is 0 Å². The Morgan fingerprint density at radius 3 is 2.65 bits per heavy atom. The molecular formula is C15H23Br2NO2. The van der Waals surface area contributed by atoms with Gasteiger partial charge in [-0.05, 0) is 41.4 Å². The quantitative estimate of drug-likeness (QED) is 0.577. The van der Waals surface area contributed by atoms with Gasteiger partial charge in [0.25, 0.3) is 0 Å². The number of unbranched alkanes of at least 4 members (excludes halogenated alkanes) is 1. The average Bonchev–Trinajstić information content (AvgIpc) is 2.41. The Balaban J connectivity index is 2.42. The molecule has 20 heavy (non-hydrogen) atoms. The third kappa shape index (κ3) is 6.57. The fraction of sp³-hybridized carbons (Fsp3) is 0.600. The van der Waals surface area contributed by atoms with Gasteiger partial charge in [0.15, 0.2) is 0 Å². The van der Waals surface area contributed by atoms with Gasteiger partial charge in [0, 0.05) is 29.7 Å². The molecule has 1 rings (SSSR count). The van der Waals surface area contributed by atoms with Crippen molar-refractivity contribution < 1.29 is 9.47 Å². The van der Waals surface area contributed by atoms with E-state index in [-0.39, 0.29) is 0 Å². The first kappa shape index (κ1) is 18.0. The number of benzene rings is 1. The van der Waals surface area contributed by atoms with Crippen LogP contribution in [0.5, 0.6) is 5.75 Å². The summed E-state index contributed by atoms with van der Waals surface area (Å²) in [5.41, 5.74) is 1.14. The largest absolute Gasteiger partial charge is 0.492 e. The van der Waals surface area contributed by atoms with E-state index >= 15 is 0 Å². The predicted molar refractivity (Wildman–Crippen MR) is 90.4 cm³/mol. The first-order chi connectivity index (χ1) is 9.69. The highest BCUT2D eigenvalue weighted by Crippen LogP contribution is 2.32. The van der Waals surface area contributed by atoms with Crippen LogP contribution in [0.25, 0.3) is 0 Å². The molecule has 3 nitrogen and oxygen atoms in total. The van der Waals surface area contributed by atoms with Crippen LogP contribution in [0.3, 0.4) is 0 Å². The molecule has 0 heterocycles. The van der Waals surface area contributed by atoms with Gasteiger partial charge in [-0.15, -0.1) is 0 Å². The highest BCUT2D eigenvalue weighted by molar-refractivity contribution is 9.11. The molecule has 0 spiro atoms. The van der Waals surface area contributed by atoms with Crippen LogP contribution < -0.4 is 10.1 Å². The van der Waals surface area contributed by atoms with Crippen LogP contribution in [0.1, 0.15) is 32.3 Å². The van der Waals surface area contributed by atoms with E-state index in [0.29, 0.717) is 6.61 Å². The lowest BCUT2D eigenvalue weighted by Crippen LogP contribution is -2.20. The Morgan fingerprint density at radius 2 is 1.95 bits per heavy atom. The maximum absolute atomic E-state index is 5.69. The lowest BCUT2D eigenvalue weighted by molar-refractivity contribution is 0.133. The number of hydrogen-bond donors (Lipinski definition) is 1. The Kier molecular flexibility index (Phi) is 9.52. The summed E-state index contributed by atoms with van der Waals surface area (Å²) >= 11 is 7.05. The summed E-state index contributed by atoms with van der Waals surface area (Å²) in [4.78, 5) is 0. The van der Waals surface area contributed by atoms with Gasteiger partial charge in [-0.1, -0.05) is 29.3 Å². The summed E-state index contributed by atoms with van der Waals surface area (Å²) in [5, 5.41) is 3.39. The van der Waals surface area contributed by atoms with Gasteiger partial charge >= 0.3 is 0 Å². The van der Waals surface area contributed by atoms with Crippen molar-refractivity contribution in [2.45, 2.75) is 33.2 Å². The van der Waals surface area contributed by atoms with Crippen LogP contribution >= 0.6 is 31.9 Å². The van der Waals surface area contributed by atoms with Crippen molar-refractivity contribution in [3.05, 3.63) is 26.6 Å². The molecule has 0 aliphatic heterocycles. The van der Waals surface area contributed by atoms with Gasteiger partial charge in [-0.25, -0.2) is 0 Å². The zero-order chi connectivity index (χ0) is 14.8. The zero-order valence-electron chi connectivity index (χ0n) is 12.2. The minimum absolute atomic E-state index is 0.660. The summed E-state index contributed by atoms with van der Waals surface area (Å²) in [7, 11) is 0. The molecule has 1 N–H and O–H groups in total. The molecule has 0 aliphatic carbocycles. The topological polar surface area (TPSA) is 30.5 Å². The second kappa shape index (κ2) is 10.6. The monoisotopic (exact) mass is 407 g/mol. The molecule has 0 atom stereocenters. The average molecular weight is 409 g/mol. The van der Waals surface area contributed by atoms with E-state index < -0.39 is 0 Å². The molecular weight excluding hydrogens is 386 g/mol. The Hall–Kier alpha value is -0.100. The van der Waals surface area contributed by atoms with Gasteiger partial charge in [0.2, 0.25) is 0 Å². The minimum Gasteiger partial charge on any atom is -0.492 e. The molecule has 0 saturated heterocycles. The Bertz CT molecular complexity index is 400. The maximum Gasteiger partial charge on any atom is 0.138 e. The minimum atomic E-state index is 0.660. The Labute approximate surface area is 138 Å². The normalized spacial score (nSPS) is 10.8. The first-order valence-corrected chi connectivity index (χ1v) is 8.66. The van der Waals surface area contributed by atoms with E-state index in [0.717, 1.165) is 53.0 Å². The van der Waals surface area contributed by atoms with Crippen molar-refractivity contribution >= 4 is 31.9 Å². The maximum atomic E-state index is 5.69. The van der Waals surface area contributed by atoms with Crippen molar-refractivity contribution in [2.24, 2.45) is 0 Å². The fourth-order valence-corrected chi connectivity index (χ4v) is 3.19. The molecule has 0 aromatic heterocycles. The first-order valence-electron chi connectivity index (χ1n) is 7.08. The summed E-state index contributed by atoms with van der Waals surface area (Å²) in [5.74, 6) is 0.912. The highest BCUT2D eigenvalue weighted by Gasteiger charge is 2.09. The summed E-state index contributed by atoms with van der Waals surface area (Å²) in [6, 6.07) is 4.09. The van der Waals surface area contributed by atoms with E-state index in [1.165, 1.54) is 6.42 Å². The van der Waals surface area contributed by atoms with E-state index in [4.69, 9.17) is 9.47 Å². The van der Waals surface area contributed by atoms with Crippen molar-refractivity contribution in [1.82, 2.24) is 5.32 Å². The number of halogens is 2. The third-order valence-electron chi connectivity index (χ3n) is 2.75. The van der Waals surface area contributed by atoms with Gasteiger partial charge in [0.1, 0.15) is 5.75 Å². The summed E-state index contributed by atoms with van der Waals surface area (Å²) in [6.07, 6.45) is 2.31. The molecule has 0 radical (unpaired) electrons. The molecule has 0 unspecified atom stereocenters. The SMILES string of the molecule is CCCCOCCNCc1cc(Br)cc(Br)c1OCC. The van der Waals surface area contributed by atoms with Crippen molar-refractivity contribution in [3.63, 3.8) is 0 Å². The van der Waals surface area contributed by atoms with E-state index in [1.807, 2.05) is 13.0 Å². The number of rotatable bonds is 10. The van der Waals surface area contributed by atoms with Crippen LogP contribution in [0.4, 0.5) is 0 Å². The van der Waals surface area contributed by atoms with Gasteiger partial charge in [0.05, 0.1) is 17.7 Å². The molecule has 1 aromatic rings. The number of hydrogen-bond acceptors (Lipinski definition) is 3.